The van der Waals surface area contributed by atoms with Crippen LogP contribution >= 0.6 is 0 Å². The Bertz CT molecular complexity index is 441. The Morgan fingerprint density at radius 2 is 2.00 bits per heavy atom. The monoisotopic (exact) mass is 256 g/mol. The van der Waals surface area contributed by atoms with Crippen molar-refractivity contribution in [2.45, 2.75) is 39.5 Å². The van der Waals surface area contributed by atoms with Crippen molar-refractivity contribution in [3.8, 4) is 0 Å². The molecular formula is C14H18F2O2. The minimum atomic E-state index is -2.98. The van der Waals surface area contributed by atoms with Crippen LogP contribution in [0.2, 0.25) is 0 Å². The highest BCUT2D eigenvalue weighted by atomic mass is 19.3. The average molecular weight is 256 g/mol. The highest BCUT2D eigenvalue weighted by Crippen LogP contribution is 2.37. The molecule has 100 valence electrons. The number of benzene rings is 1. The SMILES string of the molecule is Cc1ccc(C(F)(F)CC(C)CC(=O)O)c(C)c1. The highest BCUT2D eigenvalue weighted by Gasteiger charge is 2.35. The summed E-state index contributed by atoms with van der Waals surface area (Å²) in [5.41, 5.74) is 1.47. The second-order valence-corrected chi connectivity index (χ2v) is 4.93. The number of halogens is 2. The second-order valence-electron chi connectivity index (χ2n) is 4.93. The quantitative estimate of drug-likeness (QED) is 0.867. The molecule has 1 atom stereocenters. The van der Waals surface area contributed by atoms with Gasteiger partial charge in [0.1, 0.15) is 0 Å². The summed E-state index contributed by atoms with van der Waals surface area (Å²) in [6.07, 6.45) is -0.677. The molecule has 0 saturated carbocycles. The summed E-state index contributed by atoms with van der Waals surface area (Å²) in [6, 6.07) is 4.79. The van der Waals surface area contributed by atoms with Gasteiger partial charge >= 0.3 is 5.97 Å². The number of carboxylic acid groups (broad SMARTS) is 1. The van der Waals surface area contributed by atoms with E-state index < -0.39 is 24.2 Å². The van der Waals surface area contributed by atoms with Gasteiger partial charge in [-0.05, 0) is 25.3 Å². The summed E-state index contributed by atoms with van der Waals surface area (Å²) < 4.78 is 28.1. The average Bonchev–Trinajstić information content (AvgIpc) is 2.13. The molecule has 0 spiro atoms. The molecule has 0 radical (unpaired) electrons. The second kappa shape index (κ2) is 5.46. The number of hydrogen-bond acceptors (Lipinski definition) is 1. The van der Waals surface area contributed by atoms with Crippen LogP contribution in [0.25, 0.3) is 0 Å². The van der Waals surface area contributed by atoms with Crippen molar-refractivity contribution in [2.75, 3.05) is 0 Å². The molecule has 0 fully saturated rings. The summed E-state index contributed by atoms with van der Waals surface area (Å²) in [5, 5.41) is 8.60. The predicted molar refractivity (Wildman–Crippen MR) is 65.8 cm³/mol. The molecule has 0 saturated heterocycles. The van der Waals surface area contributed by atoms with E-state index in [1.54, 1.807) is 19.1 Å². The molecule has 1 rings (SSSR count). The number of rotatable bonds is 5. The van der Waals surface area contributed by atoms with E-state index in [0.29, 0.717) is 5.56 Å². The lowest BCUT2D eigenvalue weighted by Crippen LogP contribution is -2.20. The van der Waals surface area contributed by atoms with Crippen LogP contribution < -0.4 is 0 Å². The van der Waals surface area contributed by atoms with Gasteiger partial charge in [-0.15, -0.1) is 0 Å². The van der Waals surface area contributed by atoms with Gasteiger partial charge < -0.3 is 5.11 Å². The third kappa shape index (κ3) is 3.79. The molecule has 1 aromatic carbocycles. The number of hydrogen-bond donors (Lipinski definition) is 1. The summed E-state index contributed by atoms with van der Waals surface area (Å²) in [4.78, 5) is 10.5. The minimum Gasteiger partial charge on any atom is -0.481 e. The molecule has 0 heterocycles. The first-order valence-electron chi connectivity index (χ1n) is 5.89. The van der Waals surface area contributed by atoms with Crippen molar-refractivity contribution in [1.82, 2.24) is 0 Å². The molecule has 4 heteroatoms. The van der Waals surface area contributed by atoms with Crippen molar-refractivity contribution in [3.05, 3.63) is 34.9 Å². The Morgan fingerprint density at radius 1 is 1.39 bits per heavy atom. The van der Waals surface area contributed by atoms with Crippen LogP contribution in [-0.2, 0) is 10.7 Å². The smallest absolute Gasteiger partial charge is 0.303 e. The van der Waals surface area contributed by atoms with E-state index in [-0.39, 0.29) is 12.0 Å². The van der Waals surface area contributed by atoms with Crippen LogP contribution in [0.5, 0.6) is 0 Å². The van der Waals surface area contributed by atoms with Gasteiger partial charge in [-0.3, -0.25) is 4.79 Å². The van der Waals surface area contributed by atoms with Gasteiger partial charge in [0.05, 0.1) is 0 Å². The van der Waals surface area contributed by atoms with Crippen molar-refractivity contribution < 1.29 is 18.7 Å². The first kappa shape index (κ1) is 14.6. The maximum Gasteiger partial charge on any atom is 0.303 e. The summed E-state index contributed by atoms with van der Waals surface area (Å²) in [7, 11) is 0. The summed E-state index contributed by atoms with van der Waals surface area (Å²) in [5.74, 6) is -4.58. The van der Waals surface area contributed by atoms with E-state index in [1.807, 2.05) is 6.92 Å². The van der Waals surface area contributed by atoms with Crippen molar-refractivity contribution in [3.63, 3.8) is 0 Å². The lowest BCUT2D eigenvalue weighted by Gasteiger charge is -2.22. The molecule has 1 aromatic rings. The lowest BCUT2D eigenvalue weighted by atomic mass is 9.92. The van der Waals surface area contributed by atoms with E-state index in [4.69, 9.17) is 5.11 Å². The molecule has 1 unspecified atom stereocenters. The van der Waals surface area contributed by atoms with E-state index in [0.717, 1.165) is 5.56 Å². The van der Waals surface area contributed by atoms with Crippen LogP contribution in [0, 0.1) is 19.8 Å². The van der Waals surface area contributed by atoms with E-state index >= 15 is 0 Å². The van der Waals surface area contributed by atoms with Gasteiger partial charge in [0.25, 0.3) is 5.92 Å². The fourth-order valence-corrected chi connectivity index (χ4v) is 2.14. The maximum absolute atomic E-state index is 14.1. The van der Waals surface area contributed by atoms with Crippen LogP contribution in [0.3, 0.4) is 0 Å². The Hall–Kier alpha value is -1.45. The van der Waals surface area contributed by atoms with Crippen LogP contribution in [0.15, 0.2) is 18.2 Å². The molecule has 0 amide bonds. The fraction of sp³-hybridized carbons (Fsp3) is 0.500. The number of aryl methyl sites for hydroxylation is 2. The molecule has 18 heavy (non-hydrogen) atoms. The standard InChI is InChI=1S/C14H18F2O2/c1-9-4-5-12(11(3)6-9)14(15,16)8-10(2)7-13(17)18/h4-6,10H,7-8H2,1-3H3,(H,17,18). The summed E-state index contributed by atoms with van der Waals surface area (Å²) >= 11 is 0. The first-order valence-corrected chi connectivity index (χ1v) is 5.89. The van der Waals surface area contributed by atoms with Gasteiger partial charge in [0.2, 0.25) is 0 Å². The van der Waals surface area contributed by atoms with Gasteiger partial charge in [-0.2, -0.15) is 0 Å². The molecule has 1 N–H and O–H groups in total. The topological polar surface area (TPSA) is 37.3 Å². The number of carboxylic acids is 1. The Morgan fingerprint density at radius 3 is 2.50 bits per heavy atom. The van der Waals surface area contributed by atoms with Crippen molar-refractivity contribution in [1.29, 1.82) is 0 Å². The van der Waals surface area contributed by atoms with E-state index in [1.165, 1.54) is 13.0 Å². The summed E-state index contributed by atoms with van der Waals surface area (Å²) in [6.45, 7) is 5.03. The third-order valence-corrected chi connectivity index (χ3v) is 2.90. The molecule has 0 aliphatic heterocycles. The van der Waals surface area contributed by atoms with Crippen molar-refractivity contribution in [2.24, 2.45) is 5.92 Å². The normalized spacial score (nSPS) is 13.4. The molecule has 2 nitrogen and oxygen atoms in total. The fourth-order valence-electron chi connectivity index (χ4n) is 2.14. The molecule has 0 aliphatic rings. The maximum atomic E-state index is 14.1. The van der Waals surface area contributed by atoms with Crippen LogP contribution in [0.4, 0.5) is 8.78 Å². The third-order valence-electron chi connectivity index (χ3n) is 2.90. The van der Waals surface area contributed by atoms with Gasteiger partial charge in [0.15, 0.2) is 0 Å². The number of alkyl halides is 2. The number of aliphatic carboxylic acids is 1. The zero-order chi connectivity index (χ0) is 13.9. The minimum absolute atomic E-state index is 0.00895. The lowest BCUT2D eigenvalue weighted by molar-refractivity contribution is -0.138. The van der Waals surface area contributed by atoms with Crippen LogP contribution in [0.1, 0.15) is 36.5 Å². The highest BCUT2D eigenvalue weighted by molar-refractivity contribution is 5.66. The molecule has 0 aromatic heterocycles. The predicted octanol–water partition coefficient (Wildman–Crippen LogP) is 3.90. The molecule has 0 bridgehead atoms. The van der Waals surface area contributed by atoms with Gasteiger partial charge in [-0.25, -0.2) is 8.78 Å². The first-order chi connectivity index (χ1) is 8.22. The largest absolute Gasteiger partial charge is 0.481 e. The zero-order valence-electron chi connectivity index (χ0n) is 10.8. The van der Waals surface area contributed by atoms with Gasteiger partial charge in [-0.1, -0.05) is 30.7 Å². The van der Waals surface area contributed by atoms with Crippen LogP contribution in [-0.4, -0.2) is 11.1 Å². The van der Waals surface area contributed by atoms with E-state index in [2.05, 4.69) is 0 Å². The Balaban J connectivity index is 2.88. The van der Waals surface area contributed by atoms with Crippen molar-refractivity contribution >= 4 is 5.97 Å². The zero-order valence-corrected chi connectivity index (χ0v) is 10.8. The Labute approximate surface area is 106 Å². The molecular weight excluding hydrogens is 238 g/mol. The number of carbonyl (C=O) groups is 1. The van der Waals surface area contributed by atoms with Gasteiger partial charge in [0, 0.05) is 18.4 Å². The molecule has 0 aliphatic carbocycles. The Kier molecular flexibility index (Phi) is 4.43. The van der Waals surface area contributed by atoms with E-state index in [9.17, 15) is 13.6 Å².